The number of aryl methyl sites for hydroxylation is 1. The second kappa shape index (κ2) is 13.0. The molecule has 1 aliphatic heterocycles. The molecule has 4 aromatic carbocycles. The molecule has 2 atom stereocenters. The molecule has 3 heteroatoms. The normalized spacial score (nSPS) is 15.7. The molecular formula is C49H48N2S+2. The Morgan fingerprint density at radius 2 is 1.48 bits per heavy atom. The first kappa shape index (κ1) is 33.0. The molecule has 4 aromatic heterocycles. The van der Waals surface area contributed by atoms with Crippen LogP contribution in [0.1, 0.15) is 93.9 Å². The lowest BCUT2D eigenvalue weighted by Crippen LogP contribution is -2.62. The van der Waals surface area contributed by atoms with Crippen molar-refractivity contribution < 1.29 is 8.97 Å². The average Bonchev–Trinajstić information content (AvgIpc) is 3.58. The van der Waals surface area contributed by atoms with Crippen molar-refractivity contribution in [2.75, 3.05) is 0 Å². The molecule has 5 heterocycles. The van der Waals surface area contributed by atoms with E-state index in [9.17, 15) is 0 Å². The number of unbranched alkanes of at least 4 members (excludes halogenated alkanes) is 1. The fourth-order valence-electron chi connectivity index (χ4n) is 9.61. The molecule has 8 aromatic rings. The Kier molecular flexibility index (Phi) is 8.23. The largest absolute Gasteiger partial charge is 0.220 e. The second-order valence-corrected chi connectivity index (χ2v) is 16.2. The number of benzene rings is 4. The first-order valence-corrected chi connectivity index (χ1v) is 20.2. The Hall–Kier alpha value is -4.86. The van der Waals surface area contributed by atoms with E-state index in [0.29, 0.717) is 5.92 Å². The minimum absolute atomic E-state index is 0.149. The molecule has 9 rings (SSSR count). The van der Waals surface area contributed by atoms with Gasteiger partial charge < -0.3 is 0 Å². The first-order valence-electron chi connectivity index (χ1n) is 19.4. The zero-order valence-electron chi connectivity index (χ0n) is 31.1. The van der Waals surface area contributed by atoms with Crippen LogP contribution < -0.4 is 8.97 Å². The van der Waals surface area contributed by atoms with Crippen molar-refractivity contribution in [3.05, 3.63) is 150 Å². The van der Waals surface area contributed by atoms with Gasteiger partial charge in [-0.05, 0) is 59.0 Å². The lowest BCUT2D eigenvalue weighted by Gasteiger charge is -2.40. The Morgan fingerprint density at radius 3 is 2.29 bits per heavy atom. The van der Waals surface area contributed by atoms with Crippen LogP contribution in [0.3, 0.4) is 0 Å². The molecule has 258 valence electrons. The highest BCUT2D eigenvalue weighted by molar-refractivity contribution is 7.26. The summed E-state index contributed by atoms with van der Waals surface area (Å²) in [5, 5.41) is 5.45. The van der Waals surface area contributed by atoms with Gasteiger partial charge in [-0.15, -0.1) is 11.3 Å². The highest BCUT2D eigenvalue weighted by Gasteiger charge is 2.53. The molecule has 0 radical (unpaired) electrons. The summed E-state index contributed by atoms with van der Waals surface area (Å²) in [4.78, 5) is 0. The van der Waals surface area contributed by atoms with E-state index in [0.717, 1.165) is 12.8 Å². The Balaban J connectivity index is 1.39. The van der Waals surface area contributed by atoms with Gasteiger partial charge in [0.05, 0.1) is 21.6 Å². The van der Waals surface area contributed by atoms with Gasteiger partial charge in [0.25, 0.3) is 0 Å². The zero-order valence-corrected chi connectivity index (χ0v) is 31.9. The highest BCUT2D eigenvalue weighted by Crippen LogP contribution is 2.52. The monoisotopic (exact) mass is 696 g/mol. The molecule has 0 bridgehead atoms. The van der Waals surface area contributed by atoms with Gasteiger partial charge in [-0.3, -0.25) is 0 Å². The summed E-state index contributed by atoms with van der Waals surface area (Å²) in [6.07, 6.45) is 13.0. The molecule has 0 spiro atoms. The van der Waals surface area contributed by atoms with Crippen LogP contribution in [-0.4, -0.2) is 0 Å². The maximum atomic E-state index is 2.73. The van der Waals surface area contributed by atoms with E-state index in [-0.39, 0.29) is 11.5 Å². The van der Waals surface area contributed by atoms with Gasteiger partial charge in [0.15, 0.2) is 24.1 Å². The third kappa shape index (κ3) is 4.96. The van der Waals surface area contributed by atoms with Crippen molar-refractivity contribution in [3.63, 3.8) is 0 Å². The van der Waals surface area contributed by atoms with Crippen molar-refractivity contribution in [2.24, 2.45) is 0 Å². The van der Waals surface area contributed by atoms with Gasteiger partial charge in [0.1, 0.15) is 0 Å². The van der Waals surface area contributed by atoms with Crippen molar-refractivity contribution in [1.82, 2.24) is 0 Å². The quantitative estimate of drug-likeness (QED) is 0.110. The highest BCUT2D eigenvalue weighted by atomic mass is 32.1. The van der Waals surface area contributed by atoms with Crippen LogP contribution in [-0.2, 0) is 5.54 Å². The van der Waals surface area contributed by atoms with Gasteiger partial charge >= 0.3 is 0 Å². The number of pyridine rings is 3. The average molecular weight is 697 g/mol. The van der Waals surface area contributed by atoms with Crippen LogP contribution in [0, 0.1) is 6.92 Å². The summed E-state index contributed by atoms with van der Waals surface area (Å²) in [6, 6.07) is 41.4. The third-order valence-electron chi connectivity index (χ3n) is 12.4. The second-order valence-electron chi connectivity index (χ2n) is 15.2. The van der Waals surface area contributed by atoms with Crippen LogP contribution in [0.4, 0.5) is 0 Å². The molecular weight excluding hydrogens is 649 g/mol. The van der Waals surface area contributed by atoms with E-state index in [4.69, 9.17) is 0 Å². The van der Waals surface area contributed by atoms with E-state index >= 15 is 0 Å². The minimum Gasteiger partial charge on any atom is -0.191 e. The smallest absolute Gasteiger partial charge is 0.191 e. The van der Waals surface area contributed by atoms with Crippen LogP contribution in [0.25, 0.3) is 58.8 Å². The van der Waals surface area contributed by atoms with Crippen molar-refractivity contribution in [3.8, 4) is 22.4 Å². The summed E-state index contributed by atoms with van der Waals surface area (Å²) in [7, 11) is 0. The van der Waals surface area contributed by atoms with Gasteiger partial charge in [0.2, 0.25) is 11.2 Å². The molecule has 0 aliphatic carbocycles. The molecule has 0 N–H and O–H groups in total. The van der Waals surface area contributed by atoms with E-state index in [2.05, 4.69) is 171 Å². The number of thiophene rings is 1. The van der Waals surface area contributed by atoms with Crippen molar-refractivity contribution >= 4 is 47.8 Å². The van der Waals surface area contributed by atoms with Gasteiger partial charge in [-0.1, -0.05) is 119 Å². The zero-order chi connectivity index (χ0) is 35.6. The van der Waals surface area contributed by atoms with Crippen LogP contribution >= 0.6 is 11.3 Å². The van der Waals surface area contributed by atoms with Gasteiger partial charge in [-0.25, -0.2) is 0 Å². The van der Waals surface area contributed by atoms with Crippen LogP contribution in [0.2, 0.25) is 0 Å². The molecule has 52 heavy (non-hydrogen) atoms. The van der Waals surface area contributed by atoms with E-state index < -0.39 is 0 Å². The van der Waals surface area contributed by atoms with Gasteiger partial charge in [0, 0.05) is 57.6 Å². The van der Waals surface area contributed by atoms with E-state index in [1.165, 1.54) is 100 Å². The molecule has 1 aliphatic rings. The Morgan fingerprint density at radius 1 is 0.731 bits per heavy atom. The number of rotatable bonds is 8. The number of hydrogen-bond donors (Lipinski definition) is 0. The molecule has 0 saturated heterocycles. The standard InChI is InChI=1S/C49H48N2S/c1-6-9-17-33(5)40-29-43-35-20-13-14-22-38(35)47(49(7-2,8-3)51(43)31-41(40)34-18-11-10-12-19-34)42-30-50-27-26-32(4)28-44(50)46-37(42)24-25-39-36-21-15-16-23-45(36)52-48(39)46/h10-16,18-31,33,47H,6-9,17H2,1-5H3/q+2. The first-order chi connectivity index (χ1) is 25.5. The summed E-state index contributed by atoms with van der Waals surface area (Å²) < 4.78 is 7.88. The van der Waals surface area contributed by atoms with Crippen LogP contribution in [0.15, 0.2) is 128 Å². The van der Waals surface area contributed by atoms with E-state index in [1.54, 1.807) is 0 Å². The van der Waals surface area contributed by atoms with Crippen molar-refractivity contribution in [1.29, 1.82) is 0 Å². The van der Waals surface area contributed by atoms with E-state index in [1.807, 2.05) is 11.3 Å². The Bertz CT molecular complexity index is 2630. The number of hydrogen-bond acceptors (Lipinski definition) is 1. The molecule has 0 fully saturated rings. The summed E-state index contributed by atoms with van der Waals surface area (Å²) in [5.41, 5.74) is 12.1. The summed E-state index contributed by atoms with van der Waals surface area (Å²) in [5.74, 6) is 0.618. The predicted molar refractivity (Wildman–Crippen MR) is 221 cm³/mol. The maximum Gasteiger partial charge on any atom is 0.220 e. The fourth-order valence-corrected chi connectivity index (χ4v) is 10.9. The molecule has 0 amide bonds. The molecule has 2 unspecified atom stereocenters. The fraction of sp³-hybridized carbons (Fsp3) is 0.265. The lowest BCUT2D eigenvalue weighted by atomic mass is 9.66. The topological polar surface area (TPSA) is 7.98 Å². The SMILES string of the molecule is CCCCC(C)c1cc2[n+](cc1-c1ccccc1)C(CC)(CC)C(c1c[n+]3ccc(C)cc3c3c1ccc1c4ccccc4sc13)c1ccccc1-2. The van der Waals surface area contributed by atoms with Crippen LogP contribution in [0.5, 0.6) is 0 Å². The molecule has 0 saturated carbocycles. The third-order valence-corrected chi connectivity index (χ3v) is 13.6. The Labute approximate surface area is 312 Å². The molecule has 2 nitrogen and oxygen atoms in total. The number of fused-ring (bicyclic) bond motifs is 10. The summed E-state index contributed by atoms with van der Waals surface area (Å²) >= 11 is 1.94. The predicted octanol–water partition coefficient (Wildman–Crippen LogP) is 12.8. The van der Waals surface area contributed by atoms with Gasteiger partial charge in [-0.2, -0.15) is 8.97 Å². The summed E-state index contributed by atoms with van der Waals surface area (Å²) in [6.45, 7) is 11.8. The van der Waals surface area contributed by atoms with Crippen molar-refractivity contribution in [2.45, 2.75) is 84.1 Å². The number of aromatic nitrogens is 2. The lowest BCUT2D eigenvalue weighted by molar-refractivity contribution is -0.761. The maximum absolute atomic E-state index is 2.73. The number of nitrogens with zero attached hydrogens (tertiary/aromatic N) is 2. The minimum atomic E-state index is -0.181.